The SMILES string of the molecule is CC(C)CC(=O)NC(C)(C)CN. The van der Waals surface area contributed by atoms with Crippen LogP contribution in [0, 0.1) is 5.92 Å². The maximum absolute atomic E-state index is 11.3. The third kappa shape index (κ3) is 5.13. The summed E-state index contributed by atoms with van der Waals surface area (Å²) < 4.78 is 0. The Balaban J connectivity index is 3.84. The van der Waals surface area contributed by atoms with Crippen LogP contribution in [0.5, 0.6) is 0 Å². The van der Waals surface area contributed by atoms with E-state index in [1.54, 1.807) is 0 Å². The number of nitrogens with two attached hydrogens (primary N) is 1. The Hall–Kier alpha value is -0.570. The van der Waals surface area contributed by atoms with Gasteiger partial charge >= 0.3 is 0 Å². The molecule has 0 radical (unpaired) electrons. The Morgan fingerprint density at radius 1 is 1.50 bits per heavy atom. The number of amides is 1. The summed E-state index contributed by atoms with van der Waals surface area (Å²) in [5, 5.41) is 2.87. The van der Waals surface area contributed by atoms with Gasteiger partial charge in [0.2, 0.25) is 5.91 Å². The molecule has 0 fully saturated rings. The maximum Gasteiger partial charge on any atom is 0.220 e. The molecule has 0 aliphatic carbocycles. The average molecular weight is 172 g/mol. The number of hydrogen-bond donors (Lipinski definition) is 2. The van der Waals surface area contributed by atoms with E-state index in [0.717, 1.165) is 0 Å². The predicted molar refractivity (Wildman–Crippen MR) is 50.7 cm³/mol. The van der Waals surface area contributed by atoms with E-state index in [0.29, 0.717) is 18.9 Å². The Labute approximate surface area is 74.7 Å². The fourth-order valence-electron chi connectivity index (χ4n) is 0.850. The number of rotatable bonds is 4. The molecule has 12 heavy (non-hydrogen) atoms. The van der Waals surface area contributed by atoms with Crippen LogP contribution in [-0.4, -0.2) is 18.0 Å². The summed E-state index contributed by atoms with van der Waals surface area (Å²) in [6.45, 7) is 8.36. The number of carbonyl (C=O) groups is 1. The lowest BCUT2D eigenvalue weighted by Crippen LogP contribution is -2.49. The monoisotopic (exact) mass is 172 g/mol. The van der Waals surface area contributed by atoms with Crippen molar-refractivity contribution in [3.05, 3.63) is 0 Å². The highest BCUT2D eigenvalue weighted by molar-refractivity contribution is 5.76. The lowest BCUT2D eigenvalue weighted by Gasteiger charge is -2.24. The standard InChI is InChI=1S/C9H20N2O/c1-7(2)5-8(12)11-9(3,4)6-10/h7H,5-6,10H2,1-4H3,(H,11,12). The van der Waals surface area contributed by atoms with Crippen molar-refractivity contribution in [3.63, 3.8) is 0 Å². The fraction of sp³-hybridized carbons (Fsp3) is 0.889. The van der Waals surface area contributed by atoms with Gasteiger partial charge in [0, 0.05) is 18.5 Å². The summed E-state index contributed by atoms with van der Waals surface area (Å²) in [6.07, 6.45) is 0.573. The van der Waals surface area contributed by atoms with Gasteiger partial charge in [-0.15, -0.1) is 0 Å². The van der Waals surface area contributed by atoms with E-state index in [-0.39, 0.29) is 11.4 Å². The molecular weight excluding hydrogens is 152 g/mol. The van der Waals surface area contributed by atoms with Crippen LogP contribution >= 0.6 is 0 Å². The highest BCUT2D eigenvalue weighted by Gasteiger charge is 2.18. The summed E-state index contributed by atoms with van der Waals surface area (Å²) in [5.41, 5.74) is 5.20. The second-order valence-corrected chi connectivity index (χ2v) is 4.23. The minimum atomic E-state index is -0.272. The normalized spacial score (nSPS) is 11.8. The van der Waals surface area contributed by atoms with Gasteiger partial charge in [0.05, 0.1) is 0 Å². The molecule has 0 aliphatic heterocycles. The third-order valence-corrected chi connectivity index (χ3v) is 1.58. The molecule has 0 rings (SSSR count). The molecular formula is C9H20N2O. The van der Waals surface area contributed by atoms with E-state index in [2.05, 4.69) is 5.32 Å². The van der Waals surface area contributed by atoms with E-state index < -0.39 is 0 Å². The van der Waals surface area contributed by atoms with E-state index >= 15 is 0 Å². The fourth-order valence-corrected chi connectivity index (χ4v) is 0.850. The zero-order chi connectivity index (χ0) is 9.78. The second kappa shape index (κ2) is 4.45. The minimum absolute atomic E-state index is 0.0838. The molecule has 0 aromatic carbocycles. The Kier molecular flexibility index (Phi) is 4.24. The summed E-state index contributed by atoms with van der Waals surface area (Å²) in [4.78, 5) is 11.3. The molecule has 72 valence electrons. The molecule has 0 aromatic heterocycles. The molecule has 0 spiro atoms. The van der Waals surface area contributed by atoms with E-state index in [1.165, 1.54) is 0 Å². The van der Waals surface area contributed by atoms with Gasteiger partial charge < -0.3 is 11.1 Å². The van der Waals surface area contributed by atoms with Crippen LogP contribution < -0.4 is 11.1 Å². The van der Waals surface area contributed by atoms with Crippen molar-refractivity contribution in [2.45, 2.75) is 39.7 Å². The summed E-state index contributed by atoms with van der Waals surface area (Å²) in [5.74, 6) is 0.485. The largest absolute Gasteiger partial charge is 0.350 e. The Bertz CT molecular complexity index is 153. The van der Waals surface area contributed by atoms with Gasteiger partial charge in [-0.05, 0) is 19.8 Å². The first kappa shape index (κ1) is 11.4. The molecule has 0 saturated heterocycles. The molecule has 3 N–H and O–H groups in total. The molecule has 0 heterocycles. The minimum Gasteiger partial charge on any atom is -0.350 e. The molecule has 0 unspecified atom stereocenters. The number of hydrogen-bond acceptors (Lipinski definition) is 2. The van der Waals surface area contributed by atoms with Crippen molar-refractivity contribution in [3.8, 4) is 0 Å². The van der Waals surface area contributed by atoms with Crippen molar-refractivity contribution in [2.24, 2.45) is 11.7 Å². The smallest absolute Gasteiger partial charge is 0.220 e. The zero-order valence-corrected chi connectivity index (χ0v) is 8.48. The van der Waals surface area contributed by atoms with Gasteiger partial charge in [-0.2, -0.15) is 0 Å². The van der Waals surface area contributed by atoms with Crippen LogP contribution in [0.15, 0.2) is 0 Å². The first-order chi connectivity index (χ1) is 5.37. The molecule has 0 aliphatic rings. The van der Waals surface area contributed by atoms with Crippen LogP contribution in [0.25, 0.3) is 0 Å². The average Bonchev–Trinajstić information content (AvgIpc) is 1.84. The van der Waals surface area contributed by atoms with Gasteiger partial charge in [-0.25, -0.2) is 0 Å². The second-order valence-electron chi connectivity index (χ2n) is 4.23. The number of carbonyl (C=O) groups excluding carboxylic acids is 1. The predicted octanol–water partition coefficient (Wildman–Crippen LogP) is 0.886. The quantitative estimate of drug-likeness (QED) is 0.661. The molecule has 0 aromatic rings. The van der Waals surface area contributed by atoms with Crippen molar-refractivity contribution < 1.29 is 4.79 Å². The van der Waals surface area contributed by atoms with Crippen LogP contribution in [0.2, 0.25) is 0 Å². The van der Waals surface area contributed by atoms with E-state index in [1.807, 2.05) is 27.7 Å². The summed E-state index contributed by atoms with van der Waals surface area (Å²) in [6, 6.07) is 0. The topological polar surface area (TPSA) is 55.1 Å². The summed E-state index contributed by atoms with van der Waals surface area (Å²) >= 11 is 0. The first-order valence-corrected chi connectivity index (χ1v) is 4.38. The first-order valence-electron chi connectivity index (χ1n) is 4.38. The third-order valence-electron chi connectivity index (χ3n) is 1.58. The highest BCUT2D eigenvalue weighted by atomic mass is 16.1. The number of nitrogens with one attached hydrogen (secondary N) is 1. The Morgan fingerprint density at radius 3 is 2.33 bits per heavy atom. The van der Waals surface area contributed by atoms with Crippen LogP contribution in [-0.2, 0) is 4.79 Å². The van der Waals surface area contributed by atoms with Crippen molar-refractivity contribution in [2.75, 3.05) is 6.54 Å². The zero-order valence-electron chi connectivity index (χ0n) is 8.48. The van der Waals surface area contributed by atoms with Crippen molar-refractivity contribution in [1.82, 2.24) is 5.32 Å². The van der Waals surface area contributed by atoms with Crippen molar-refractivity contribution in [1.29, 1.82) is 0 Å². The van der Waals surface area contributed by atoms with Gasteiger partial charge in [0.15, 0.2) is 0 Å². The van der Waals surface area contributed by atoms with Crippen molar-refractivity contribution >= 4 is 5.91 Å². The van der Waals surface area contributed by atoms with Gasteiger partial charge in [-0.1, -0.05) is 13.8 Å². The Morgan fingerprint density at radius 2 is 2.00 bits per heavy atom. The van der Waals surface area contributed by atoms with Gasteiger partial charge in [0.1, 0.15) is 0 Å². The van der Waals surface area contributed by atoms with E-state index in [9.17, 15) is 4.79 Å². The lowest BCUT2D eigenvalue weighted by molar-refractivity contribution is -0.123. The molecule has 3 heteroatoms. The molecule has 0 saturated carbocycles. The lowest BCUT2D eigenvalue weighted by atomic mass is 10.0. The molecule has 0 atom stereocenters. The molecule has 1 amide bonds. The highest BCUT2D eigenvalue weighted by Crippen LogP contribution is 2.03. The van der Waals surface area contributed by atoms with Crippen LogP contribution in [0.3, 0.4) is 0 Å². The van der Waals surface area contributed by atoms with Crippen LogP contribution in [0.1, 0.15) is 34.1 Å². The maximum atomic E-state index is 11.3. The van der Waals surface area contributed by atoms with Crippen LogP contribution in [0.4, 0.5) is 0 Å². The molecule has 0 bridgehead atoms. The summed E-state index contributed by atoms with van der Waals surface area (Å²) in [7, 11) is 0. The molecule has 3 nitrogen and oxygen atoms in total. The van der Waals surface area contributed by atoms with Gasteiger partial charge in [0.25, 0.3) is 0 Å². The van der Waals surface area contributed by atoms with E-state index in [4.69, 9.17) is 5.73 Å². The van der Waals surface area contributed by atoms with Gasteiger partial charge in [-0.3, -0.25) is 4.79 Å².